The molecule has 0 spiro atoms. The van der Waals surface area contributed by atoms with Crippen molar-refractivity contribution < 1.29 is 9.53 Å². The number of ether oxygens (including phenoxy) is 1. The Hall–Kier alpha value is -2.06. The van der Waals surface area contributed by atoms with Gasteiger partial charge < -0.3 is 10.1 Å². The van der Waals surface area contributed by atoms with Crippen LogP contribution in [0.15, 0.2) is 34.2 Å². The lowest BCUT2D eigenvalue weighted by Gasteiger charge is -2.11. The van der Waals surface area contributed by atoms with E-state index in [-0.39, 0.29) is 23.5 Å². The third-order valence-corrected chi connectivity index (χ3v) is 5.06. The number of hydrogen-bond donors (Lipinski definition) is 2. The lowest BCUT2D eigenvalue weighted by molar-refractivity contribution is -0.113. The highest BCUT2D eigenvalue weighted by atomic mass is 32.2. The van der Waals surface area contributed by atoms with Gasteiger partial charge in [-0.1, -0.05) is 30.8 Å². The molecule has 8 heteroatoms. The maximum atomic E-state index is 12.2. The average Bonchev–Trinajstić information content (AvgIpc) is 3.25. The molecule has 1 fully saturated rings. The molecule has 1 saturated heterocycles. The maximum Gasteiger partial charge on any atom is 0.344 e. The molecule has 25 heavy (non-hydrogen) atoms. The van der Waals surface area contributed by atoms with E-state index in [0.717, 1.165) is 31.6 Å². The number of carbonyl (C=O) groups excluding carboxylic acids is 1. The summed E-state index contributed by atoms with van der Waals surface area (Å²) in [5, 5.41) is 9.85. The van der Waals surface area contributed by atoms with Gasteiger partial charge in [0.15, 0.2) is 5.16 Å². The summed E-state index contributed by atoms with van der Waals surface area (Å²) in [7, 11) is 0. The number of thioether (sulfide) groups is 1. The molecule has 2 N–H and O–H groups in total. The number of aryl methyl sites for hydroxylation is 1. The molecule has 0 bridgehead atoms. The molecule has 3 rings (SSSR count). The summed E-state index contributed by atoms with van der Waals surface area (Å²) in [5.41, 5.74) is 1.68. The molecular weight excluding hydrogens is 340 g/mol. The number of rotatable bonds is 7. The van der Waals surface area contributed by atoms with Crippen LogP contribution in [0.5, 0.6) is 0 Å². The highest BCUT2D eigenvalue weighted by Crippen LogP contribution is 2.18. The molecule has 1 aromatic carbocycles. The Morgan fingerprint density at radius 2 is 2.40 bits per heavy atom. The second-order valence-corrected chi connectivity index (χ2v) is 6.89. The molecule has 2 heterocycles. The molecule has 7 nitrogen and oxygen atoms in total. The van der Waals surface area contributed by atoms with E-state index in [1.807, 2.05) is 24.3 Å². The van der Waals surface area contributed by atoms with Crippen molar-refractivity contribution in [1.29, 1.82) is 0 Å². The molecule has 0 radical (unpaired) electrons. The van der Waals surface area contributed by atoms with Gasteiger partial charge in [-0.3, -0.25) is 9.36 Å². The first kappa shape index (κ1) is 17.8. The van der Waals surface area contributed by atoms with Gasteiger partial charge in [0.25, 0.3) is 0 Å². The Labute approximate surface area is 150 Å². The normalized spacial score (nSPS) is 16.9. The van der Waals surface area contributed by atoms with Gasteiger partial charge in [-0.25, -0.2) is 9.89 Å². The fourth-order valence-corrected chi connectivity index (χ4v) is 3.52. The topological polar surface area (TPSA) is 89.0 Å². The van der Waals surface area contributed by atoms with Gasteiger partial charge in [0.1, 0.15) is 0 Å². The summed E-state index contributed by atoms with van der Waals surface area (Å²) in [6, 6.07) is 7.78. The Morgan fingerprint density at radius 3 is 3.16 bits per heavy atom. The second-order valence-electron chi connectivity index (χ2n) is 5.95. The number of benzene rings is 1. The molecule has 1 atom stereocenters. The summed E-state index contributed by atoms with van der Waals surface area (Å²) in [6.45, 7) is 3.28. The lowest BCUT2D eigenvalue weighted by Crippen LogP contribution is -2.25. The summed E-state index contributed by atoms with van der Waals surface area (Å²) in [4.78, 5) is 24.1. The van der Waals surface area contributed by atoms with E-state index in [4.69, 9.17) is 4.74 Å². The van der Waals surface area contributed by atoms with Crippen LogP contribution in [0.1, 0.15) is 25.3 Å². The van der Waals surface area contributed by atoms with Crippen molar-refractivity contribution in [3.8, 4) is 0 Å². The summed E-state index contributed by atoms with van der Waals surface area (Å²) >= 11 is 1.24. The second kappa shape index (κ2) is 8.35. The Balaban J connectivity index is 1.57. The molecule has 1 aliphatic heterocycles. The summed E-state index contributed by atoms with van der Waals surface area (Å²) < 4.78 is 7.12. The van der Waals surface area contributed by atoms with Crippen molar-refractivity contribution in [2.75, 3.05) is 17.7 Å². The van der Waals surface area contributed by atoms with E-state index in [2.05, 4.69) is 22.4 Å². The van der Waals surface area contributed by atoms with Crippen molar-refractivity contribution in [2.45, 2.75) is 44.0 Å². The largest absolute Gasteiger partial charge is 0.376 e. The number of carbonyl (C=O) groups is 1. The third kappa shape index (κ3) is 4.73. The number of nitrogens with zero attached hydrogens (tertiary/aromatic N) is 2. The summed E-state index contributed by atoms with van der Waals surface area (Å²) in [6.07, 6.45) is 2.91. The number of H-pyrrole nitrogens is 1. The maximum absolute atomic E-state index is 12.2. The number of aromatic nitrogens is 3. The van der Waals surface area contributed by atoms with Crippen molar-refractivity contribution in [3.05, 3.63) is 40.3 Å². The van der Waals surface area contributed by atoms with Gasteiger partial charge in [0.05, 0.1) is 18.4 Å². The molecule has 0 aliphatic carbocycles. The highest BCUT2D eigenvalue weighted by molar-refractivity contribution is 7.99. The standard InChI is InChI=1S/C17H22N4O3S/c1-2-12-5-3-6-13(9-12)18-15(22)11-25-17-20-19-16(23)21(17)10-14-7-4-8-24-14/h3,5-6,9,14H,2,4,7-8,10-11H2,1H3,(H,18,22)(H,19,23). The zero-order chi connectivity index (χ0) is 17.6. The predicted molar refractivity (Wildman–Crippen MR) is 97.0 cm³/mol. The molecule has 134 valence electrons. The number of amides is 1. The zero-order valence-electron chi connectivity index (χ0n) is 14.2. The minimum absolute atomic E-state index is 0.0419. The van der Waals surface area contributed by atoms with Gasteiger partial charge >= 0.3 is 5.69 Å². The van der Waals surface area contributed by atoms with Crippen LogP contribution in [0.3, 0.4) is 0 Å². The van der Waals surface area contributed by atoms with Crippen LogP contribution in [-0.2, 0) is 22.5 Å². The predicted octanol–water partition coefficient (Wildman–Crippen LogP) is 2.04. The lowest BCUT2D eigenvalue weighted by atomic mass is 10.1. The molecule has 1 aliphatic rings. The monoisotopic (exact) mass is 362 g/mol. The Kier molecular flexibility index (Phi) is 5.93. The van der Waals surface area contributed by atoms with Crippen LogP contribution in [0.4, 0.5) is 5.69 Å². The van der Waals surface area contributed by atoms with Crippen molar-refractivity contribution >= 4 is 23.4 Å². The highest BCUT2D eigenvalue weighted by Gasteiger charge is 2.20. The van der Waals surface area contributed by atoms with Gasteiger partial charge in [-0.2, -0.15) is 0 Å². The Morgan fingerprint density at radius 1 is 1.52 bits per heavy atom. The molecule has 1 amide bonds. The van der Waals surface area contributed by atoms with E-state index in [1.165, 1.54) is 17.3 Å². The van der Waals surface area contributed by atoms with Crippen LogP contribution in [-0.4, -0.2) is 39.1 Å². The zero-order valence-corrected chi connectivity index (χ0v) is 15.0. The first-order valence-corrected chi connectivity index (χ1v) is 9.42. The van der Waals surface area contributed by atoms with Gasteiger partial charge in [0, 0.05) is 12.3 Å². The minimum Gasteiger partial charge on any atom is -0.376 e. The van der Waals surface area contributed by atoms with Gasteiger partial charge in [-0.05, 0) is 37.0 Å². The van der Waals surface area contributed by atoms with Crippen molar-refractivity contribution in [1.82, 2.24) is 14.8 Å². The number of nitrogens with one attached hydrogen (secondary N) is 2. The molecule has 1 unspecified atom stereocenters. The van der Waals surface area contributed by atoms with Crippen LogP contribution >= 0.6 is 11.8 Å². The van der Waals surface area contributed by atoms with E-state index < -0.39 is 0 Å². The van der Waals surface area contributed by atoms with Crippen LogP contribution in [0.2, 0.25) is 0 Å². The number of anilines is 1. The molecule has 2 aromatic rings. The van der Waals surface area contributed by atoms with E-state index in [1.54, 1.807) is 4.57 Å². The smallest absolute Gasteiger partial charge is 0.344 e. The van der Waals surface area contributed by atoms with Gasteiger partial charge in [0.2, 0.25) is 5.91 Å². The average molecular weight is 362 g/mol. The number of hydrogen-bond acceptors (Lipinski definition) is 5. The van der Waals surface area contributed by atoms with Gasteiger partial charge in [-0.15, -0.1) is 5.10 Å². The van der Waals surface area contributed by atoms with Crippen LogP contribution < -0.4 is 11.0 Å². The van der Waals surface area contributed by atoms with E-state index >= 15 is 0 Å². The van der Waals surface area contributed by atoms with E-state index in [0.29, 0.717) is 11.7 Å². The van der Waals surface area contributed by atoms with E-state index in [9.17, 15) is 9.59 Å². The third-order valence-electron chi connectivity index (χ3n) is 4.08. The minimum atomic E-state index is -0.269. The Bertz CT molecular complexity index is 780. The van der Waals surface area contributed by atoms with Crippen molar-refractivity contribution in [3.63, 3.8) is 0 Å². The SMILES string of the molecule is CCc1cccc(NC(=O)CSc2n[nH]c(=O)n2CC2CCCO2)c1. The summed E-state index contributed by atoms with van der Waals surface area (Å²) in [5.74, 6) is 0.0592. The molecule has 0 saturated carbocycles. The first-order chi connectivity index (χ1) is 12.2. The number of aromatic amines is 1. The fraction of sp³-hybridized carbons (Fsp3) is 0.471. The fourth-order valence-electron chi connectivity index (χ4n) is 2.76. The molecule has 1 aromatic heterocycles. The van der Waals surface area contributed by atoms with Crippen LogP contribution in [0.25, 0.3) is 0 Å². The van der Waals surface area contributed by atoms with Crippen molar-refractivity contribution in [2.24, 2.45) is 0 Å². The first-order valence-electron chi connectivity index (χ1n) is 8.44. The van der Waals surface area contributed by atoms with Crippen LogP contribution in [0, 0.1) is 0 Å². The molecular formula is C17H22N4O3S. The quantitative estimate of drug-likeness (QED) is 0.736.